The number of hydrogen-bond donors (Lipinski definition) is 1. The summed E-state index contributed by atoms with van der Waals surface area (Å²) in [5, 5.41) is 9.42. The Labute approximate surface area is 78.9 Å². The number of hydrogen-bond acceptors (Lipinski definition) is 2. The van der Waals surface area contributed by atoms with E-state index in [0.29, 0.717) is 0 Å². The van der Waals surface area contributed by atoms with Gasteiger partial charge in [0.2, 0.25) is 0 Å². The molecule has 0 spiro atoms. The molecule has 1 aromatic carbocycles. The first-order valence-corrected chi connectivity index (χ1v) is 4.32. The lowest BCUT2D eigenvalue weighted by molar-refractivity contribution is 0.474. The average Bonchev–Trinajstić information content (AvgIpc) is 2.01. The highest BCUT2D eigenvalue weighted by molar-refractivity contribution is 5.83. The summed E-state index contributed by atoms with van der Waals surface area (Å²) in [7, 11) is 0. The molecule has 0 unspecified atom stereocenters. The number of aromatic hydroxyl groups is 1. The standard InChI is InChI=1S/C11H15NO/c1-11(2,3)12-8-9-6-4-5-7-10(9)13/h4-8,13H,1-3H3/b12-8+. The van der Waals surface area contributed by atoms with E-state index >= 15 is 0 Å². The highest BCUT2D eigenvalue weighted by Gasteiger charge is 2.05. The molecule has 70 valence electrons. The molecule has 0 aromatic heterocycles. The monoisotopic (exact) mass is 177 g/mol. The van der Waals surface area contributed by atoms with Crippen molar-refractivity contribution in [2.45, 2.75) is 26.3 Å². The molecular weight excluding hydrogens is 162 g/mol. The summed E-state index contributed by atoms with van der Waals surface area (Å²) in [5.74, 6) is 0.274. The van der Waals surface area contributed by atoms with E-state index in [-0.39, 0.29) is 11.3 Å². The molecule has 0 bridgehead atoms. The minimum atomic E-state index is -0.0950. The maximum atomic E-state index is 9.42. The van der Waals surface area contributed by atoms with Crippen molar-refractivity contribution in [3.05, 3.63) is 29.8 Å². The molecule has 0 radical (unpaired) electrons. The Kier molecular flexibility index (Phi) is 2.71. The van der Waals surface area contributed by atoms with Crippen molar-refractivity contribution in [2.75, 3.05) is 0 Å². The normalized spacial score (nSPS) is 12.2. The Hall–Kier alpha value is -1.31. The van der Waals surface area contributed by atoms with Crippen LogP contribution in [0.3, 0.4) is 0 Å². The van der Waals surface area contributed by atoms with Gasteiger partial charge >= 0.3 is 0 Å². The van der Waals surface area contributed by atoms with Gasteiger partial charge in [-0.3, -0.25) is 4.99 Å². The number of aliphatic imine (C=N–C) groups is 1. The van der Waals surface area contributed by atoms with E-state index in [0.717, 1.165) is 5.56 Å². The molecule has 0 aliphatic heterocycles. The van der Waals surface area contributed by atoms with Gasteiger partial charge in [-0.25, -0.2) is 0 Å². The third-order valence-corrected chi connectivity index (χ3v) is 1.53. The fourth-order valence-electron chi connectivity index (χ4n) is 0.860. The summed E-state index contributed by atoms with van der Waals surface area (Å²) in [6, 6.07) is 7.17. The summed E-state index contributed by atoms with van der Waals surface area (Å²) in [6.45, 7) is 6.05. The van der Waals surface area contributed by atoms with E-state index < -0.39 is 0 Å². The number of rotatable bonds is 1. The number of phenols is 1. The lowest BCUT2D eigenvalue weighted by Crippen LogP contribution is -2.09. The Bertz CT molecular complexity index is 310. The fourth-order valence-corrected chi connectivity index (χ4v) is 0.860. The maximum absolute atomic E-state index is 9.42. The van der Waals surface area contributed by atoms with Crippen molar-refractivity contribution >= 4 is 6.21 Å². The Morgan fingerprint density at radius 2 is 1.85 bits per heavy atom. The Balaban J connectivity index is 2.86. The number of phenolic OH excluding ortho intramolecular Hbond substituents is 1. The zero-order chi connectivity index (χ0) is 9.90. The number of nitrogens with zero attached hydrogens (tertiary/aromatic N) is 1. The first-order valence-electron chi connectivity index (χ1n) is 4.32. The molecule has 0 atom stereocenters. The molecule has 0 saturated heterocycles. The topological polar surface area (TPSA) is 32.6 Å². The molecule has 0 saturated carbocycles. The van der Waals surface area contributed by atoms with E-state index in [1.807, 2.05) is 32.9 Å². The first-order chi connectivity index (χ1) is 5.99. The summed E-state index contributed by atoms with van der Waals surface area (Å²) in [5.41, 5.74) is 0.667. The van der Waals surface area contributed by atoms with Crippen LogP contribution in [0.15, 0.2) is 29.3 Å². The van der Waals surface area contributed by atoms with Gasteiger partial charge in [-0.05, 0) is 32.9 Å². The second kappa shape index (κ2) is 3.60. The van der Waals surface area contributed by atoms with Gasteiger partial charge in [0, 0.05) is 11.8 Å². The van der Waals surface area contributed by atoms with E-state index in [1.54, 1.807) is 18.3 Å². The Morgan fingerprint density at radius 3 is 2.38 bits per heavy atom. The van der Waals surface area contributed by atoms with Crippen LogP contribution in [0.25, 0.3) is 0 Å². The largest absolute Gasteiger partial charge is 0.507 e. The molecule has 2 heteroatoms. The highest BCUT2D eigenvalue weighted by atomic mass is 16.3. The molecule has 0 aliphatic carbocycles. The Morgan fingerprint density at radius 1 is 1.23 bits per heavy atom. The molecule has 0 fully saturated rings. The second-order valence-electron chi connectivity index (χ2n) is 3.99. The molecule has 0 heterocycles. The predicted molar refractivity (Wildman–Crippen MR) is 55.5 cm³/mol. The molecule has 13 heavy (non-hydrogen) atoms. The SMILES string of the molecule is CC(C)(C)/N=C/c1ccccc1O. The molecule has 1 rings (SSSR count). The molecule has 0 aliphatic rings. The highest BCUT2D eigenvalue weighted by Crippen LogP contribution is 2.14. The third-order valence-electron chi connectivity index (χ3n) is 1.53. The quantitative estimate of drug-likeness (QED) is 0.657. The van der Waals surface area contributed by atoms with Crippen LogP contribution in [-0.2, 0) is 0 Å². The van der Waals surface area contributed by atoms with E-state index in [9.17, 15) is 5.11 Å². The van der Waals surface area contributed by atoms with Gasteiger partial charge in [0.05, 0.1) is 5.54 Å². The van der Waals surface area contributed by atoms with Crippen molar-refractivity contribution < 1.29 is 5.11 Å². The van der Waals surface area contributed by atoms with Gasteiger partial charge < -0.3 is 5.11 Å². The van der Waals surface area contributed by atoms with Gasteiger partial charge in [-0.2, -0.15) is 0 Å². The van der Waals surface area contributed by atoms with Gasteiger partial charge in [0.15, 0.2) is 0 Å². The molecule has 1 aromatic rings. The van der Waals surface area contributed by atoms with Crippen molar-refractivity contribution in [1.29, 1.82) is 0 Å². The third kappa shape index (κ3) is 3.28. The van der Waals surface area contributed by atoms with Gasteiger partial charge in [0.1, 0.15) is 5.75 Å². The van der Waals surface area contributed by atoms with Crippen molar-refractivity contribution in [3.8, 4) is 5.75 Å². The zero-order valence-corrected chi connectivity index (χ0v) is 8.28. The van der Waals surface area contributed by atoms with Gasteiger partial charge in [-0.1, -0.05) is 12.1 Å². The zero-order valence-electron chi connectivity index (χ0n) is 8.28. The summed E-state index contributed by atoms with van der Waals surface area (Å²) < 4.78 is 0. The minimum Gasteiger partial charge on any atom is -0.507 e. The second-order valence-corrected chi connectivity index (χ2v) is 3.99. The van der Waals surface area contributed by atoms with Crippen LogP contribution in [0.4, 0.5) is 0 Å². The van der Waals surface area contributed by atoms with Gasteiger partial charge in [0.25, 0.3) is 0 Å². The van der Waals surface area contributed by atoms with Crippen LogP contribution in [0.2, 0.25) is 0 Å². The molecule has 2 nitrogen and oxygen atoms in total. The maximum Gasteiger partial charge on any atom is 0.124 e. The van der Waals surface area contributed by atoms with Crippen LogP contribution in [-0.4, -0.2) is 16.9 Å². The summed E-state index contributed by atoms with van der Waals surface area (Å²) in [6.07, 6.45) is 1.70. The smallest absolute Gasteiger partial charge is 0.124 e. The molecule has 0 amide bonds. The summed E-state index contributed by atoms with van der Waals surface area (Å²) >= 11 is 0. The fraction of sp³-hybridized carbons (Fsp3) is 0.364. The minimum absolute atomic E-state index is 0.0950. The van der Waals surface area contributed by atoms with E-state index in [4.69, 9.17) is 0 Å². The predicted octanol–water partition coefficient (Wildman–Crippen LogP) is 2.61. The van der Waals surface area contributed by atoms with E-state index in [2.05, 4.69) is 4.99 Å². The van der Waals surface area contributed by atoms with Crippen molar-refractivity contribution in [1.82, 2.24) is 0 Å². The van der Waals surface area contributed by atoms with Crippen LogP contribution in [0.1, 0.15) is 26.3 Å². The number of para-hydroxylation sites is 1. The average molecular weight is 177 g/mol. The van der Waals surface area contributed by atoms with Crippen LogP contribution >= 0.6 is 0 Å². The molecular formula is C11H15NO. The van der Waals surface area contributed by atoms with Crippen molar-refractivity contribution in [2.24, 2.45) is 4.99 Å². The lowest BCUT2D eigenvalue weighted by Gasteiger charge is -2.10. The van der Waals surface area contributed by atoms with Crippen LogP contribution in [0, 0.1) is 0 Å². The van der Waals surface area contributed by atoms with Crippen molar-refractivity contribution in [3.63, 3.8) is 0 Å². The van der Waals surface area contributed by atoms with Crippen LogP contribution in [0.5, 0.6) is 5.75 Å². The summed E-state index contributed by atoms with van der Waals surface area (Å²) in [4.78, 5) is 4.30. The van der Waals surface area contributed by atoms with E-state index in [1.165, 1.54) is 0 Å². The van der Waals surface area contributed by atoms with Gasteiger partial charge in [-0.15, -0.1) is 0 Å². The van der Waals surface area contributed by atoms with Crippen LogP contribution < -0.4 is 0 Å². The molecule has 1 N–H and O–H groups in total. The number of benzene rings is 1. The lowest BCUT2D eigenvalue weighted by atomic mass is 10.1. The first kappa shape index (κ1) is 9.78.